The van der Waals surface area contributed by atoms with Gasteiger partial charge in [0.15, 0.2) is 0 Å². The van der Waals surface area contributed by atoms with Crippen molar-refractivity contribution < 1.29 is 4.42 Å². The zero-order valence-electron chi connectivity index (χ0n) is 15.0. The number of fused-ring (bicyclic) bond motifs is 1. The van der Waals surface area contributed by atoms with Gasteiger partial charge in [-0.15, -0.1) is 0 Å². The van der Waals surface area contributed by atoms with E-state index in [0.717, 1.165) is 33.5 Å². The first kappa shape index (κ1) is 16.3. The Balaban J connectivity index is 1.78. The number of pyridine rings is 1. The van der Waals surface area contributed by atoms with Crippen molar-refractivity contribution >= 4 is 16.9 Å². The third-order valence-corrected chi connectivity index (χ3v) is 4.66. The molecule has 0 radical (unpaired) electrons. The molecule has 0 saturated heterocycles. The summed E-state index contributed by atoms with van der Waals surface area (Å²) in [5.41, 5.74) is 12.7. The number of nitrogens with two attached hydrogens (primary N) is 1. The first-order valence-corrected chi connectivity index (χ1v) is 9.06. The molecule has 0 aliphatic rings. The maximum Gasteiger partial charge on any atom is 0.248 e. The van der Waals surface area contributed by atoms with E-state index in [9.17, 15) is 0 Å². The maximum atomic E-state index is 6.06. The highest BCUT2D eigenvalue weighted by atomic mass is 16.4. The molecule has 0 spiro atoms. The number of oxazole rings is 1. The Kier molecular flexibility index (Phi) is 3.87. The van der Waals surface area contributed by atoms with E-state index in [2.05, 4.69) is 0 Å². The quantitative estimate of drug-likeness (QED) is 0.411. The van der Waals surface area contributed by atoms with Gasteiger partial charge in [0.2, 0.25) is 11.6 Å². The zero-order chi connectivity index (χ0) is 18.9. The SMILES string of the molecule is Nc1cccc(-c2cc(-c3ccccc3)nc3oc(-c4ccccc4)nc23)c1. The fourth-order valence-electron chi connectivity index (χ4n) is 3.30. The third-order valence-electron chi connectivity index (χ3n) is 4.66. The first-order chi connectivity index (χ1) is 13.8. The second-order valence-electron chi connectivity index (χ2n) is 6.59. The molecule has 5 aromatic rings. The van der Waals surface area contributed by atoms with Crippen molar-refractivity contribution in [2.75, 3.05) is 5.73 Å². The number of hydrogen-bond donors (Lipinski definition) is 1. The molecule has 0 bridgehead atoms. The average Bonchev–Trinajstić information content (AvgIpc) is 3.18. The van der Waals surface area contributed by atoms with Gasteiger partial charge in [0.05, 0.1) is 5.69 Å². The Morgan fingerprint density at radius 1 is 0.643 bits per heavy atom. The Bertz CT molecular complexity index is 1260. The lowest BCUT2D eigenvalue weighted by atomic mass is 10.0. The van der Waals surface area contributed by atoms with Gasteiger partial charge in [-0.2, -0.15) is 0 Å². The molecule has 4 heteroatoms. The molecule has 3 aromatic carbocycles. The summed E-state index contributed by atoms with van der Waals surface area (Å²) in [7, 11) is 0. The van der Waals surface area contributed by atoms with Gasteiger partial charge in [0.25, 0.3) is 0 Å². The molecule has 0 fully saturated rings. The molecule has 0 aliphatic heterocycles. The molecule has 4 nitrogen and oxygen atoms in total. The number of nitrogens with zero attached hydrogens (tertiary/aromatic N) is 2. The summed E-state index contributed by atoms with van der Waals surface area (Å²) < 4.78 is 6.06. The van der Waals surface area contributed by atoms with E-state index in [1.807, 2.05) is 91.0 Å². The summed E-state index contributed by atoms with van der Waals surface area (Å²) in [5, 5.41) is 0. The fourth-order valence-corrected chi connectivity index (χ4v) is 3.30. The van der Waals surface area contributed by atoms with E-state index in [-0.39, 0.29) is 0 Å². The molecule has 2 heterocycles. The van der Waals surface area contributed by atoms with Crippen molar-refractivity contribution in [1.29, 1.82) is 0 Å². The highest BCUT2D eigenvalue weighted by Crippen LogP contribution is 2.34. The molecule has 2 N–H and O–H groups in total. The molecular formula is C24H17N3O. The normalized spacial score (nSPS) is 11.0. The van der Waals surface area contributed by atoms with Gasteiger partial charge in [-0.05, 0) is 35.9 Å². The summed E-state index contributed by atoms with van der Waals surface area (Å²) in [4.78, 5) is 9.49. The fraction of sp³-hybridized carbons (Fsp3) is 0. The molecule has 2 aromatic heterocycles. The van der Waals surface area contributed by atoms with E-state index in [0.29, 0.717) is 17.3 Å². The van der Waals surface area contributed by atoms with Crippen LogP contribution in [0.5, 0.6) is 0 Å². The van der Waals surface area contributed by atoms with Gasteiger partial charge < -0.3 is 10.2 Å². The second kappa shape index (κ2) is 6.67. The van der Waals surface area contributed by atoms with Crippen molar-refractivity contribution in [3.8, 4) is 33.8 Å². The zero-order valence-corrected chi connectivity index (χ0v) is 15.0. The topological polar surface area (TPSA) is 64.9 Å². The van der Waals surface area contributed by atoms with Crippen LogP contribution >= 0.6 is 0 Å². The second-order valence-corrected chi connectivity index (χ2v) is 6.59. The molecule has 0 aliphatic carbocycles. The van der Waals surface area contributed by atoms with Crippen LogP contribution in [0.4, 0.5) is 5.69 Å². The van der Waals surface area contributed by atoms with Gasteiger partial charge >= 0.3 is 0 Å². The van der Waals surface area contributed by atoms with Crippen molar-refractivity contribution in [2.45, 2.75) is 0 Å². The number of hydrogen-bond acceptors (Lipinski definition) is 4. The predicted molar refractivity (Wildman–Crippen MR) is 113 cm³/mol. The Labute approximate surface area is 162 Å². The lowest BCUT2D eigenvalue weighted by Crippen LogP contribution is -1.90. The van der Waals surface area contributed by atoms with Crippen molar-refractivity contribution in [2.24, 2.45) is 0 Å². The molecule has 5 rings (SSSR count). The molecule has 0 atom stereocenters. The summed E-state index contributed by atoms with van der Waals surface area (Å²) in [6.45, 7) is 0. The van der Waals surface area contributed by atoms with Crippen LogP contribution in [0.2, 0.25) is 0 Å². The van der Waals surface area contributed by atoms with Crippen molar-refractivity contribution in [1.82, 2.24) is 9.97 Å². The third kappa shape index (κ3) is 2.91. The first-order valence-electron chi connectivity index (χ1n) is 9.06. The minimum absolute atomic E-state index is 0.512. The molecule has 134 valence electrons. The van der Waals surface area contributed by atoms with Crippen LogP contribution in [-0.2, 0) is 0 Å². The molecule has 0 saturated carbocycles. The number of rotatable bonds is 3. The largest absolute Gasteiger partial charge is 0.418 e. The maximum absolute atomic E-state index is 6.06. The number of nitrogen functional groups attached to an aromatic ring is 1. The predicted octanol–water partition coefficient (Wildman–Crippen LogP) is 5.81. The van der Waals surface area contributed by atoms with Crippen LogP contribution in [0.25, 0.3) is 45.1 Å². The van der Waals surface area contributed by atoms with Gasteiger partial charge in [0, 0.05) is 22.4 Å². The van der Waals surface area contributed by atoms with Crippen molar-refractivity contribution in [3.05, 3.63) is 91.0 Å². The molecule has 0 amide bonds. The van der Waals surface area contributed by atoms with E-state index in [4.69, 9.17) is 20.1 Å². The number of aromatic nitrogens is 2. The van der Waals surface area contributed by atoms with Crippen molar-refractivity contribution in [3.63, 3.8) is 0 Å². The van der Waals surface area contributed by atoms with Crippen LogP contribution in [0.3, 0.4) is 0 Å². The Hall–Kier alpha value is -3.92. The molecular weight excluding hydrogens is 346 g/mol. The van der Waals surface area contributed by atoms with Crippen LogP contribution in [0, 0.1) is 0 Å². The van der Waals surface area contributed by atoms with Gasteiger partial charge in [0.1, 0.15) is 5.52 Å². The van der Waals surface area contributed by atoms with Crippen LogP contribution < -0.4 is 5.73 Å². The van der Waals surface area contributed by atoms with E-state index in [1.54, 1.807) is 0 Å². The smallest absolute Gasteiger partial charge is 0.248 e. The lowest BCUT2D eigenvalue weighted by molar-refractivity contribution is 0.608. The van der Waals surface area contributed by atoms with Crippen LogP contribution in [0.15, 0.2) is 95.4 Å². The number of benzene rings is 3. The van der Waals surface area contributed by atoms with E-state index < -0.39 is 0 Å². The van der Waals surface area contributed by atoms with Crippen LogP contribution in [0.1, 0.15) is 0 Å². The summed E-state index contributed by atoms with van der Waals surface area (Å²) in [6, 6.07) is 29.7. The van der Waals surface area contributed by atoms with Gasteiger partial charge in [-0.3, -0.25) is 0 Å². The summed E-state index contributed by atoms with van der Waals surface area (Å²) >= 11 is 0. The average molecular weight is 363 g/mol. The lowest BCUT2D eigenvalue weighted by Gasteiger charge is -2.07. The monoisotopic (exact) mass is 363 g/mol. The van der Waals surface area contributed by atoms with E-state index >= 15 is 0 Å². The van der Waals surface area contributed by atoms with E-state index in [1.165, 1.54) is 0 Å². The van der Waals surface area contributed by atoms with Gasteiger partial charge in [-0.1, -0.05) is 60.7 Å². The van der Waals surface area contributed by atoms with Crippen LogP contribution in [-0.4, -0.2) is 9.97 Å². The highest BCUT2D eigenvalue weighted by Gasteiger charge is 2.16. The summed E-state index contributed by atoms with van der Waals surface area (Å²) in [6.07, 6.45) is 0. The standard InChI is InChI=1S/C24H17N3O/c25-19-13-7-12-18(14-19)20-15-21(16-8-3-1-4-9-16)26-24-22(20)27-23(28-24)17-10-5-2-6-11-17/h1-15H,25H2. The summed E-state index contributed by atoms with van der Waals surface area (Å²) in [5.74, 6) is 0.554. The Morgan fingerprint density at radius 2 is 1.32 bits per heavy atom. The minimum Gasteiger partial charge on any atom is -0.418 e. The number of anilines is 1. The molecule has 0 unspecified atom stereocenters. The highest BCUT2D eigenvalue weighted by molar-refractivity contribution is 5.93. The van der Waals surface area contributed by atoms with Gasteiger partial charge in [-0.25, -0.2) is 9.97 Å². The minimum atomic E-state index is 0.512. The molecule has 28 heavy (non-hydrogen) atoms. The Morgan fingerprint density at radius 3 is 2.04 bits per heavy atom.